The van der Waals surface area contributed by atoms with Crippen molar-refractivity contribution in [3.63, 3.8) is 0 Å². The first-order valence-corrected chi connectivity index (χ1v) is 15.0. The number of hydrogen-bond acceptors (Lipinski definition) is 5. The zero-order valence-corrected chi connectivity index (χ0v) is 24.0. The highest BCUT2D eigenvalue weighted by Crippen LogP contribution is 2.30. The van der Waals surface area contributed by atoms with Gasteiger partial charge in [0.15, 0.2) is 0 Å². The van der Waals surface area contributed by atoms with Crippen LogP contribution in [0, 0.1) is 0 Å². The summed E-state index contributed by atoms with van der Waals surface area (Å²) in [6.45, 7) is 3.53. The average molecular weight is 582 g/mol. The first kappa shape index (κ1) is 29.3. The van der Waals surface area contributed by atoms with E-state index in [-0.39, 0.29) is 48.3 Å². The molecule has 1 aliphatic heterocycles. The van der Waals surface area contributed by atoms with Gasteiger partial charge in [-0.15, -0.1) is 0 Å². The van der Waals surface area contributed by atoms with Crippen LogP contribution in [0.4, 0.5) is 0 Å². The van der Waals surface area contributed by atoms with Gasteiger partial charge in [-0.3, -0.25) is 14.4 Å². The van der Waals surface area contributed by atoms with Crippen molar-refractivity contribution in [2.45, 2.75) is 56.6 Å². The third-order valence-electron chi connectivity index (χ3n) is 7.01. The molecule has 210 valence electrons. The molecule has 10 heteroatoms. The van der Waals surface area contributed by atoms with Crippen molar-refractivity contribution in [2.24, 2.45) is 0 Å². The monoisotopic (exact) mass is 581 g/mol. The van der Waals surface area contributed by atoms with Gasteiger partial charge in [0.2, 0.25) is 11.8 Å². The zero-order valence-electron chi connectivity index (χ0n) is 22.4. The Labute approximate surface area is 240 Å². The first-order valence-electron chi connectivity index (χ1n) is 13.2. The van der Waals surface area contributed by atoms with Gasteiger partial charge in [-0.05, 0) is 42.7 Å². The number of rotatable bonds is 11. The topological polar surface area (TPSA) is 104 Å². The fourth-order valence-electron chi connectivity index (χ4n) is 4.60. The highest BCUT2D eigenvalue weighted by atomic mass is 35.5. The molecule has 3 amide bonds. The molecule has 0 aliphatic carbocycles. The van der Waals surface area contributed by atoms with Crippen molar-refractivity contribution in [1.82, 2.24) is 14.5 Å². The molecule has 1 N–H and O–H groups in total. The second-order valence-electron chi connectivity index (χ2n) is 9.76. The summed E-state index contributed by atoms with van der Waals surface area (Å²) in [5.74, 6) is -1.47. The number of hydrogen-bond donors (Lipinski definition) is 1. The summed E-state index contributed by atoms with van der Waals surface area (Å²) >= 11 is 6.44. The van der Waals surface area contributed by atoms with E-state index in [2.05, 4.69) is 5.32 Å². The van der Waals surface area contributed by atoms with Gasteiger partial charge >= 0.3 is 0 Å². The normalized spacial score (nSPS) is 15.3. The Kier molecular flexibility index (Phi) is 9.27. The maximum Gasteiger partial charge on any atom is 0.269 e. The maximum absolute atomic E-state index is 13.9. The van der Waals surface area contributed by atoms with Crippen molar-refractivity contribution in [3.8, 4) is 0 Å². The number of nitrogens with one attached hydrogen (secondary N) is 1. The summed E-state index contributed by atoms with van der Waals surface area (Å²) in [5, 5.41) is 3.43. The molecule has 2 unspecified atom stereocenters. The largest absolute Gasteiger partial charge is 0.352 e. The van der Waals surface area contributed by atoms with Crippen molar-refractivity contribution in [2.75, 3.05) is 6.54 Å². The zero-order chi connectivity index (χ0) is 28.9. The Bertz CT molecular complexity index is 1500. The van der Waals surface area contributed by atoms with Crippen LogP contribution in [0.3, 0.4) is 0 Å². The molecule has 1 aliphatic rings. The molecule has 0 spiro atoms. The molecular weight excluding hydrogens is 550 g/mol. The lowest BCUT2D eigenvalue weighted by atomic mass is 10.0. The third kappa shape index (κ3) is 6.37. The van der Waals surface area contributed by atoms with Crippen LogP contribution in [0.5, 0.6) is 0 Å². The van der Waals surface area contributed by atoms with Crippen LogP contribution in [0.15, 0.2) is 83.8 Å². The number of carbonyl (C=O) groups excluding carboxylic acids is 3. The number of nitrogens with zero attached hydrogens (tertiary/aromatic N) is 2. The molecule has 8 nitrogen and oxygen atoms in total. The quantitative estimate of drug-likeness (QED) is 0.361. The minimum Gasteiger partial charge on any atom is -0.352 e. The summed E-state index contributed by atoms with van der Waals surface area (Å²) < 4.78 is 26.8. The van der Waals surface area contributed by atoms with E-state index in [0.29, 0.717) is 17.0 Å². The lowest BCUT2D eigenvalue weighted by Crippen LogP contribution is -2.52. The molecule has 3 aromatic carbocycles. The Morgan fingerprint density at radius 3 is 2.30 bits per heavy atom. The van der Waals surface area contributed by atoms with E-state index in [1.54, 1.807) is 36.4 Å². The standard InChI is InChI=1S/C30H32ClN3O5S/c1-3-21(2)32-29(36)26(19-22-11-5-4-6-12-22)33(20-23-13-7-9-15-25(23)31)28(35)17-18-34-30(37)24-14-8-10-16-27(24)40(34,38)39/h4-16,21,26H,3,17-20H2,1-2H3,(H,32,36). The number of carbonyl (C=O) groups is 3. The van der Waals surface area contributed by atoms with Crippen LogP contribution in [-0.2, 0) is 32.6 Å². The summed E-state index contributed by atoms with van der Waals surface area (Å²) in [6.07, 6.45) is 0.648. The minimum atomic E-state index is -4.07. The first-order chi connectivity index (χ1) is 19.1. The highest BCUT2D eigenvalue weighted by Gasteiger charge is 2.41. The van der Waals surface area contributed by atoms with Gasteiger partial charge in [0, 0.05) is 37.0 Å². The Balaban J connectivity index is 1.65. The second kappa shape index (κ2) is 12.7. The Morgan fingerprint density at radius 1 is 0.975 bits per heavy atom. The SMILES string of the molecule is CCC(C)NC(=O)C(Cc1ccccc1)N(Cc1ccccc1Cl)C(=O)CCN1C(=O)c2ccccc2S1(=O)=O. The maximum atomic E-state index is 13.9. The van der Waals surface area contributed by atoms with E-state index in [1.165, 1.54) is 17.0 Å². The van der Waals surface area contributed by atoms with E-state index in [0.717, 1.165) is 9.87 Å². The van der Waals surface area contributed by atoms with Crippen LogP contribution in [-0.4, -0.2) is 54.0 Å². The van der Waals surface area contributed by atoms with Gasteiger partial charge in [-0.1, -0.05) is 79.2 Å². The number of halogens is 1. The predicted molar refractivity (Wildman–Crippen MR) is 153 cm³/mol. The predicted octanol–water partition coefficient (Wildman–Crippen LogP) is 4.43. The van der Waals surface area contributed by atoms with Crippen molar-refractivity contribution < 1.29 is 22.8 Å². The third-order valence-corrected chi connectivity index (χ3v) is 9.22. The van der Waals surface area contributed by atoms with Crippen LogP contribution >= 0.6 is 11.6 Å². The summed E-state index contributed by atoms with van der Waals surface area (Å²) in [5.41, 5.74) is 1.58. The molecule has 0 radical (unpaired) electrons. The molecule has 0 fully saturated rings. The molecule has 4 rings (SSSR count). The van der Waals surface area contributed by atoms with Gasteiger partial charge in [0.1, 0.15) is 10.9 Å². The summed E-state index contributed by atoms with van der Waals surface area (Å²) in [7, 11) is -4.07. The molecule has 40 heavy (non-hydrogen) atoms. The van der Waals surface area contributed by atoms with Crippen LogP contribution in [0.25, 0.3) is 0 Å². The molecule has 2 atom stereocenters. The van der Waals surface area contributed by atoms with E-state index >= 15 is 0 Å². The van der Waals surface area contributed by atoms with Crippen LogP contribution in [0.2, 0.25) is 5.02 Å². The highest BCUT2D eigenvalue weighted by molar-refractivity contribution is 7.90. The smallest absolute Gasteiger partial charge is 0.269 e. The minimum absolute atomic E-state index is 0.0326. The lowest BCUT2D eigenvalue weighted by Gasteiger charge is -2.33. The van der Waals surface area contributed by atoms with Gasteiger partial charge < -0.3 is 10.2 Å². The number of amides is 3. The van der Waals surface area contributed by atoms with E-state index in [1.807, 2.05) is 44.2 Å². The number of sulfonamides is 1. The van der Waals surface area contributed by atoms with Crippen LogP contribution in [0.1, 0.15) is 48.2 Å². The van der Waals surface area contributed by atoms with Crippen LogP contribution < -0.4 is 5.32 Å². The molecule has 0 saturated carbocycles. The summed E-state index contributed by atoms with van der Waals surface area (Å²) in [6, 6.07) is 21.4. The average Bonchev–Trinajstić information content (AvgIpc) is 3.15. The fraction of sp³-hybridized carbons (Fsp3) is 0.300. The molecule has 3 aromatic rings. The molecule has 0 aromatic heterocycles. The van der Waals surface area contributed by atoms with Gasteiger partial charge in [0.05, 0.1) is 5.56 Å². The molecular formula is C30H32ClN3O5S. The molecule has 0 saturated heterocycles. The van der Waals surface area contributed by atoms with Gasteiger partial charge in [0.25, 0.3) is 15.9 Å². The second-order valence-corrected chi connectivity index (χ2v) is 12.0. The van der Waals surface area contributed by atoms with Crippen molar-refractivity contribution in [1.29, 1.82) is 0 Å². The van der Waals surface area contributed by atoms with Gasteiger partial charge in [-0.25, -0.2) is 12.7 Å². The van der Waals surface area contributed by atoms with Gasteiger partial charge in [-0.2, -0.15) is 0 Å². The van der Waals surface area contributed by atoms with E-state index < -0.39 is 27.9 Å². The van der Waals surface area contributed by atoms with Crippen molar-refractivity contribution >= 4 is 39.3 Å². The van der Waals surface area contributed by atoms with E-state index in [4.69, 9.17) is 11.6 Å². The Hall–Kier alpha value is -3.69. The summed E-state index contributed by atoms with van der Waals surface area (Å²) in [4.78, 5) is 41.7. The number of benzene rings is 3. The number of fused-ring (bicyclic) bond motifs is 1. The molecule has 0 bridgehead atoms. The van der Waals surface area contributed by atoms with Crippen molar-refractivity contribution in [3.05, 3.63) is 101 Å². The fourth-order valence-corrected chi connectivity index (χ4v) is 6.36. The lowest BCUT2D eigenvalue weighted by molar-refractivity contribution is -0.141. The Morgan fingerprint density at radius 2 is 1.62 bits per heavy atom. The van der Waals surface area contributed by atoms with E-state index in [9.17, 15) is 22.8 Å². The molecule has 1 heterocycles.